The number of amides is 5. The zero-order chi connectivity index (χ0) is 51.7. The molecule has 26 heteroatoms. The number of ether oxygens (including phenoxy) is 6. The van der Waals surface area contributed by atoms with Gasteiger partial charge in [0.05, 0.1) is 56.3 Å². The maximum Gasteiger partial charge on any atom is 0.407 e. The number of carbonyl (C=O) groups is 8. The van der Waals surface area contributed by atoms with Crippen LogP contribution in [0.15, 0.2) is 48.5 Å². The van der Waals surface area contributed by atoms with Crippen molar-refractivity contribution in [3.63, 3.8) is 0 Å². The van der Waals surface area contributed by atoms with Crippen LogP contribution in [0.1, 0.15) is 62.2 Å². The molecule has 0 spiro atoms. The number of hydrogen-bond donors (Lipinski definition) is 11. The van der Waals surface area contributed by atoms with Crippen LogP contribution in [0.25, 0.3) is 0 Å². The molecule has 0 aromatic heterocycles. The lowest BCUT2D eigenvalue weighted by Crippen LogP contribution is -2.52. The van der Waals surface area contributed by atoms with Gasteiger partial charge < -0.3 is 90.3 Å². The summed E-state index contributed by atoms with van der Waals surface area (Å²) in [6, 6.07) is 2.43. The highest BCUT2D eigenvalue weighted by Crippen LogP contribution is 2.31. The van der Waals surface area contributed by atoms with Gasteiger partial charge in [-0.15, -0.1) is 0 Å². The summed E-state index contributed by atoms with van der Waals surface area (Å²) in [7, 11) is 0. The number of esters is 3. The third-order valence-corrected chi connectivity index (χ3v) is 9.84. The number of rotatable bonds is 19. The summed E-state index contributed by atoms with van der Waals surface area (Å²) >= 11 is 0. The first-order chi connectivity index (χ1) is 33.1. The fourth-order valence-corrected chi connectivity index (χ4v) is 6.12. The summed E-state index contributed by atoms with van der Waals surface area (Å²) < 4.78 is 31.8. The molecule has 1 saturated heterocycles. The second kappa shape index (κ2) is 25.3. The van der Waals surface area contributed by atoms with Gasteiger partial charge in [-0.3, -0.25) is 19.2 Å². The van der Waals surface area contributed by atoms with E-state index in [1.165, 1.54) is 17.0 Å². The molecule has 1 fully saturated rings. The van der Waals surface area contributed by atoms with Crippen LogP contribution >= 0.6 is 0 Å². The molecule has 3 atom stereocenters. The van der Waals surface area contributed by atoms with Crippen molar-refractivity contribution in [2.45, 2.75) is 44.4 Å². The van der Waals surface area contributed by atoms with Crippen molar-refractivity contribution in [3.05, 3.63) is 70.8 Å². The van der Waals surface area contributed by atoms with Crippen molar-refractivity contribution in [1.82, 2.24) is 26.2 Å². The van der Waals surface area contributed by atoms with Crippen LogP contribution in [0.2, 0.25) is 0 Å². The zero-order valence-electron chi connectivity index (χ0n) is 37.9. The summed E-state index contributed by atoms with van der Waals surface area (Å²) in [5.41, 5.74) is -2.78. The molecular weight excluding hydrogens is 934 g/mol. The van der Waals surface area contributed by atoms with Crippen LogP contribution in [0.4, 0.5) is 4.79 Å². The number of nitrogens with one attached hydrogen (secondary N) is 4. The van der Waals surface area contributed by atoms with Gasteiger partial charge in [0.2, 0.25) is 0 Å². The van der Waals surface area contributed by atoms with Gasteiger partial charge in [0.1, 0.15) is 19.8 Å². The van der Waals surface area contributed by atoms with Gasteiger partial charge in [-0.2, -0.15) is 0 Å². The van der Waals surface area contributed by atoms with E-state index in [0.717, 1.165) is 36.4 Å². The largest absolute Gasteiger partial charge is 0.504 e. The predicted octanol–water partition coefficient (Wildman–Crippen LogP) is -0.183. The Hall–Kier alpha value is -8.10. The molecule has 1 aliphatic heterocycles. The lowest BCUT2D eigenvalue weighted by molar-refractivity contribution is -0.160. The number of phenols is 6. The first-order valence-electron chi connectivity index (χ1n) is 21.1. The van der Waals surface area contributed by atoms with Crippen LogP contribution in [0.5, 0.6) is 34.5 Å². The van der Waals surface area contributed by atoms with E-state index in [1.54, 1.807) is 20.8 Å². The maximum absolute atomic E-state index is 13.6. The van der Waals surface area contributed by atoms with Gasteiger partial charge in [-0.1, -0.05) is 12.1 Å². The molecular formula is C44H53N5O21. The van der Waals surface area contributed by atoms with Gasteiger partial charge in [-0.25, -0.2) is 19.2 Å². The van der Waals surface area contributed by atoms with E-state index in [2.05, 4.69) is 21.3 Å². The van der Waals surface area contributed by atoms with Gasteiger partial charge in [0.25, 0.3) is 23.6 Å². The van der Waals surface area contributed by atoms with E-state index in [-0.39, 0.29) is 58.3 Å². The molecule has 5 amide bonds. The lowest BCUT2D eigenvalue weighted by Gasteiger charge is -2.32. The highest BCUT2D eigenvalue weighted by molar-refractivity contribution is 6.04. The average Bonchev–Trinajstić information content (AvgIpc) is 3.30. The highest BCUT2D eigenvalue weighted by Gasteiger charge is 2.35. The maximum atomic E-state index is 13.6. The monoisotopic (exact) mass is 987 g/mol. The van der Waals surface area contributed by atoms with Crippen molar-refractivity contribution in [1.29, 1.82) is 0 Å². The zero-order valence-corrected chi connectivity index (χ0v) is 37.9. The minimum Gasteiger partial charge on any atom is -0.504 e. The third-order valence-electron chi connectivity index (χ3n) is 9.84. The number of carboxylic acid groups (broad SMARTS) is 1. The molecule has 380 valence electrons. The van der Waals surface area contributed by atoms with Crippen LogP contribution in [0, 0.1) is 0 Å². The summed E-state index contributed by atoms with van der Waals surface area (Å²) in [6.07, 6.45) is -1.06. The molecule has 1 aliphatic rings. The van der Waals surface area contributed by atoms with Gasteiger partial charge in [-0.05, 0) is 57.2 Å². The molecule has 3 aromatic carbocycles. The number of para-hydroxylation sites is 2. The summed E-state index contributed by atoms with van der Waals surface area (Å²) in [5.74, 6) is -14.0. The van der Waals surface area contributed by atoms with Crippen molar-refractivity contribution >= 4 is 47.6 Å². The van der Waals surface area contributed by atoms with Crippen LogP contribution < -0.4 is 21.3 Å². The van der Waals surface area contributed by atoms with E-state index in [1.807, 2.05) is 0 Å². The number of carbonyl (C=O) groups excluding carboxylic acids is 7. The fraction of sp³-hybridized carbons (Fsp3) is 0.409. The number of cyclic esters (lactones) is 3. The molecule has 0 saturated carbocycles. The normalized spacial score (nSPS) is 16.5. The minimum absolute atomic E-state index is 0.00716. The molecule has 0 aliphatic carbocycles. The van der Waals surface area contributed by atoms with Crippen molar-refractivity contribution in [2.75, 3.05) is 72.6 Å². The van der Waals surface area contributed by atoms with E-state index >= 15 is 0 Å². The molecule has 0 bridgehead atoms. The fourth-order valence-electron chi connectivity index (χ4n) is 6.12. The number of phenolic OH excluding ortho intramolecular Hbond substituents is 6. The van der Waals surface area contributed by atoms with Crippen molar-refractivity contribution in [3.8, 4) is 34.5 Å². The van der Waals surface area contributed by atoms with Crippen LogP contribution in [-0.2, 0) is 42.8 Å². The lowest BCUT2D eigenvalue weighted by atomic mass is 10.1. The van der Waals surface area contributed by atoms with Gasteiger partial charge in [0, 0.05) is 24.2 Å². The quantitative estimate of drug-likeness (QED) is 0.0321. The SMILES string of the molecule is CC(C)(C)N(CCOCCOCCOCCNC(=O)c1cc(O)c(O)c(C(=O)N[C@H]2COC(=O)[C@@H](NC(=O)c3cccc(O)c3O)COC(=O)[C@@H](NC(=O)c3cccc(O)c3O)COC2=O)c1)C(=O)O. The van der Waals surface area contributed by atoms with Crippen LogP contribution in [0.3, 0.4) is 0 Å². The standard InChI is InChI=1S/C44H53N5O21/c1-44(2,3)49(43(63)64)11-13-66-15-17-67-16-14-65-12-10-45-36(56)23-18-26(35(55)32(52)19-23)39(59)48-29-22-70-41(61)27(46-37(57)24-6-4-8-30(50)33(24)53)20-68-40(60)28(21-69-42(29)62)47-38(58)25-7-5-9-31(51)34(25)54/h4-9,18-19,27-29,50-55H,10-17,20-22H2,1-3H3,(H,45,56)(H,46,57)(H,47,58)(H,48,59)(H,63,64)/t27-,28-,29-/m0/s1. The Kier molecular flexibility index (Phi) is 19.7. The first-order valence-corrected chi connectivity index (χ1v) is 21.1. The Morgan fingerprint density at radius 3 is 1.40 bits per heavy atom. The second-order valence-corrected chi connectivity index (χ2v) is 15.9. The molecule has 0 unspecified atom stereocenters. The number of hydrogen-bond acceptors (Lipinski definition) is 20. The first kappa shape index (κ1) is 54.5. The highest BCUT2D eigenvalue weighted by atomic mass is 16.6. The Labute approximate surface area is 398 Å². The van der Waals surface area contributed by atoms with E-state index in [4.69, 9.17) is 28.4 Å². The molecule has 4 rings (SSSR count). The Bertz CT molecular complexity index is 2340. The topological polar surface area (TPSA) is 385 Å². The number of aromatic hydroxyl groups is 6. The minimum atomic E-state index is -2.01. The van der Waals surface area contributed by atoms with Gasteiger partial charge >= 0.3 is 24.0 Å². The van der Waals surface area contributed by atoms with Crippen molar-refractivity contribution < 1.29 is 103 Å². The Morgan fingerprint density at radius 2 is 0.971 bits per heavy atom. The molecule has 0 radical (unpaired) electrons. The second-order valence-electron chi connectivity index (χ2n) is 15.9. The smallest absolute Gasteiger partial charge is 0.407 e. The average molecular weight is 988 g/mol. The predicted molar refractivity (Wildman–Crippen MR) is 235 cm³/mol. The summed E-state index contributed by atoms with van der Waals surface area (Å²) in [6.45, 7) is 3.14. The Morgan fingerprint density at radius 1 is 0.571 bits per heavy atom. The third kappa shape index (κ3) is 15.5. The molecule has 3 aromatic rings. The van der Waals surface area contributed by atoms with E-state index in [0.29, 0.717) is 0 Å². The van der Waals surface area contributed by atoms with Crippen molar-refractivity contribution in [2.24, 2.45) is 0 Å². The van der Waals surface area contributed by atoms with E-state index < -0.39 is 142 Å². The summed E-state index contributed by atoms with van der Waals surface area (Å²) in [4.78, 5) is 106. The Balaban J connectivity index is 1.41. The number of nitrogens with zero attached hydrogens (tertiary/aromatic N) is 1. The number of benzene rings is 3. The van der Waals surface area contributed by atoms with Crippen LogP contribution in [-0.4, -0.2) is 184 Å². The summed E-state index contributed by atoms with van der Waals surface area (Å²) in [5, 5.41) is 79.5. The molecule has 70 heavy (non-hydrogen) atoms. The van der Waals surface area contributed by atoms with E-state index in [9.17, 15) is 74.1 Å². The van der Waals surface area contributed by atoms with Gasteiger partial charge in [0.15, 0.2) is 52.6 Å². The molecule has 26 nitrogen and oxygen atoms in total. The molecule has 11 N–H and O–H groups in total. The molecule has 1 heterocycles.